The number of aromatic amines is 1. The molecule has 1 aromatic carbocycles. The van der Waals surface area contributed by atoms with E-state index >= 15 is 0 Å². The summed E-state index contributed by atoms with van der Waals surface area (Å²) in [6.07, 6.45) is 2.43. The van der Waals surface area contributed by atoms with Crippen molar-refractivity contribution in [3.63, 3.8) is 0 Å². The number of H-pyrrole nitrogens is 1. The molecule has 0 amide bonds. The van der Waals surface area contributed by atoms with Gasteiger partial charge in [-0.3, -0.25) is 0 Å². The second-order valence-electron chi connectivity index (χ2n) is 4.50. The largest absolute Gasteiger partial charge is 0.358 e. The van der Waals surface area contributed by atoms with E-state index in [4.69, 9.17) is 0 Å². The first-order chi connectivity index (χ1) is 7.83. The van der Waals surface area contributed by atoms with E-state index in [1.165, 1.54) is 24.6 Å². The van der Waals surface area contributed by atoms with Crippen LogP contribution in [-0.4, -0.2) is 18.1 Å². The molecule has 1 fully saturated rings. The van der Waals surface area contributed by atoms with E-state index in [0.717, 1.165) is 24.0 Å². The summed E-state index contributed by atoms with van der Waals surface area (Å²) in [5, 5.41) is 4.37. The second kappa shape index (κ2) is 3.91. The first-order valence-electron chi connectivity index (χ1n) is 5.82. The van der Waals surface area contributed by atoms with Crippen molar-refractivity contribution < 1.29 is 4.39 Å². The number of fused-ring (bicyclic) bond motifs is 1. The SMILES string of the molecule is Fc1ccc2[nH]c(C3CCCNC3)cc2c1. The highest BCUT2D eigenvalue weighted by Crippen LogP contribution is 2.26. The summed E-state index contributed by atoms with van der Waals surface area (Å²) in [5.41, 5.74) is 2.26. The lowest BCUT2D eigenvalue weighted by atomic mass is 9.96. The van der Waals surface area contributed by atoms with E-state index in [9.17, 15) is 4.39 Å². The summed E-state index contributed by atoms with van der Waals surface area (Å²) in [6, 6.07) is 6.98. The number of hydrogen-bond donors (Lipinski definition) is 2. The molecular weight excluding hydrogens is 203 g/mol. The van der Waals surface area contributed by atoms with Crippen molar-refractivity contribution >= 4 is 10.9 Å². The quantitative estimate of drug-likeness (QED) is 0.756. The van der Waals surface area contributed by atoms with Crippen molar-refractivity contribution in [1.82, 2.24) is 10.3 Å². The molecule has 3 rings (SSSR count). The zero-order chi connectivity index (χ0) is 11.0. The third-order valence-electron chi connectivity index (χ3n) is 3.34. The molecule has 0 spiro atoms. The van der Waals surface area contributed by atoms with Gasteiger partial charge in [0.1, 0.15) is 5.82 Å². The van der Waals surface area contributed by atoms with Crippen LogP contribution in [0.15, 0.2) is 24.3 Å². The van der Waals surface area contributed by atoms with Crippen LogP contribution >= 0.6 is 0 Å². The van der Waals surface area contributed by atoms with Gasteiger partial charge in [-0.2, -0.15) is 0 Å². The standard InChI is InChI=1S/C13H15FN2/c14-11-3-4-12-10(6-11)7-13(16-12)9-2-1-5-15-8-9/h3-4,6-7,9,15-16H,1-2,5,8H2. The van der Waals surface area contributed by atoms with Crippen LogP contribution in [0.3, 0.4) is 0 Å². The maximum absolute atomic E-state index is 13.1. The molecule has 2 aromatic rings. The van der Waals surface area contributed by atoms with Crippen LogP contribution < -0.4 is 5.32 Å². The van der Waals surface area contributed by atoms with Crippen molar-refractivity contribution in [3.05, 3.63) is 35.8 Å². The molecule has 0 radical (unpaired) electrons. The normalized spacial score (nSPS) is 21.4. The highest BCUT2D eigenvalue weighted by Gasteiger charge is 2.16. The van der Waals surface area contributed by atoms with Gasteiger partial charge in [-0.05, 0) is 43.7 Å². The van der Waals surface area contributed by atoms with Gasteiger partial charge in [0.2, 0.25) is 0 Å². The lowest BCUT2D eigenvalue weighted by molar-refractivity contribution is 0.456. The molecule has 1 atom stereocenters. The van der Waals surface area contributed by atoms with Gasteiger partial charge in [-0.1, -0.05) is 0 Å². The first kappa shape index (κ1) is 9.85. The molecule has 0 aliphatic carbocycles. The van der Waals surface area contributed by atoms with Crippen LogP contribution in [0, 0.1) is 5.82 Å². The van der Waals surface area contributed by atoms with E-state index in [1.54, 1.807) is 6.07 Å². The number of aromatic nitrogens is 1. The van der Waals surface area contributed by atoms with E-state index in [-0.39, 0.29) is 5.82 Å². The molecule has 2 nitrogen and oxygen atoms in total. The Morgan fingerprint density at radius 1 is 1.25 bits per heavy atom. The van der Waals surface area contributed by atoms with E-state index in [2.05, 4.69) is 16.4 Å². The Morgan fingerprint density at radius 3 is 3.00 bits per heavy atom. The minimum absolute atomic E-state index is 0.167. The van der Waals surface area contributed by atoms with Crippen LogP contribution in [0.2, 0.25) is 0 Å². The van der Waals surface area contributed by atoms with E-state index < -0.39 is 0 Å². The Labute approximate surface area is 93.9 Å². The van der Waals surface area contributed by atoms with Crippen molar-refractivity contribution in [3.8, 4) is 0 Å². The van der Waals surface area contributed by atoms with Gasteiger partial charge >= 0.3 is 0 Å². The minimum atomic E-state index is -0.167. The number of hydrogen-bond acceptors (Lipinski definition) is 1. The molecular formula is C13H15FN2. The number of piperidine rings is 1. The molecule has 1 aromatic heterocycles. The summed E-state index contributed by atoms with van der Waals surface area (Å²) in [6.45, 7) is 2.14. The topological polar surface area (TPSA) is 27.8 Å². The van der Waals surface area contributed by atoms with Crippen LogP contribution in [0.5, 0.6) is 0 Å². The Kier molecular flexibility index (Phi) is 2.40. The number of rotatable bonds is 1. The van der Waals surface area contributed by atoms with Crippen LogP contribution in [-0.2, 0) is 0 Å². The fourth-order valence-electron chi connectivity index (χ4n) is 2.46. The minimum Gasteiger partial charge on any atom is -0.358 e. The summed E-state index contributed by atoms with van der Waals surface area (Å²) >= 11 is 0. The lowest BCUT2D eigenvalue weighted by Crippen LogP contribution is -2.28. The predicted molar refractivity (Wildman–Crippen MR) is 63.1 cm³/mol. The summed E-state index contributed by atoms with van der Waals surface area (Å²) in [4.78, 5) is 3.39. The molecule has 1 aliphatic rings. The van der Waals surface area contributed by atoms with Crippen LogP contribution in [0.4, 0.5) is 4.39 Å². The first-order valence-corrected chi connectivity index (χ1v) is 5.82. The molecule has 16 heavy (non-hydrogen) atoms. The maximum Gasteiger partial charge on any atom is 0.123 e. The molecule has 1 aliphatic heterocycles. The second-order valence-corrected chi connectivity index (χ2v) is 4.50. The Bertz CT molecular complexity index is 498. The monoisotopic (exact) mass is 218 g/mol. The zero-order valence-electron chi connectivity index (χ0n) is 9.09. The predicted octanol–water partition coefficient (Wildman–Crippen LogP) is 2.77. The lowest BCUT2D eigenvalue weighted by Gasteiger charge is -2.21. The highest BCUT2D eigenvalue weighted by molar-refractivity contribution is 5.80. The van der Waals surface area contributed by atoms with E-state index in [1.807, 2.05) is 6.07 Å². The number of benzene rings is 1. The van der Waals surface area contributed by atoms with Crippen molar-refractivity contribution in [2.75, 3.05) is 13.1 Å². The van der Waals surface area contributed by atoms with Gasteiger partial charge in [0, 0.05) is 29.1 Å². The molecule has 0 saturated carbocycles. The fourth-order valence-corrected chi connectivity index (χ4v) is 2.46. The molecule has 1 saturated heterocycles. The molecule has 0 bridgehead atoms. The molecule has 2 heterocycles. The third-order valence-corrected chi connectivity index (χ3v) is 3.34. The van der Waals surface area contributed by atoms with Crippen LogP contribution in [0.25, 0.3) is 10.9 Å². The molecule has 84 valence electrons. The Hall–Kier alpha value is -1.35. The van der Waals surface area contributed by atoms with Gasteiger partial charge in [-0.15, -0.1) is 0 Å². The highest BCUT2D eigenvalue weighted by atomic mass is 19.1. The molecule has 2 N–H and O–H groups in total. The zero-order valence-corrected chi connectivity index (χ0v) is 9.09. The third kappa shape index (κ3) is 1.71. The summed E-state index contributed by atoms with van der Waals surface area (Å²) < 4.78 is 13.1. The van der Waals surface area contributed by atoms with Gasteiger partial charge < -0.3 is 10.3 Å². The number of nitrogens with one attached hydrogen (secondary N) is 2. The van der Waals surface area contributed by atoms with Crippen molar-refractivity contribution in [2.45, 2.75) is 18.8 Å². The average molecular weight is 218 g/mol. The fraction of sp³-hybridized carbons (Fsp3) is 0.385. The van der Waals surface area contributed by atoms with Crippen molar-refractivity contribution in [1.29, 1.82) is 0 Å². The van der Waals surface area contributed by atoms with Gasteiger partial charge in [0.15, 0.2) is 0 Å². The summed E-state index contributed by atoms with van der Waals surface area (Å²) in [7, 11) is 0. The average Bonchev–Trinajstić information content (AvgIpc) is 2.73. The molecule has 1 unspecified atom stereocenters. The van der Waals surface area contributed by atoms with Gasteiger partial charge in [-0.25, -0.2) is 4.39 Å². The Morgan fingerprint density at radius 2 is 2.19 bits per heavy atom. The van der Waals surface area contributed by atoms with Gasteiger partial charge in [0.25, 0.3) is 0 Å². The van der Waals surface area contributed by atoms with Crippen molar-refractivity contribution in [2.24, 2.45) is 0 Å². The smallest absolute Gasteiger partial charge is 0.123 e. The number of halogens is 1. The maximum atomic E-state index is 13.1. The Balaban J connectivity index is 1.97. The summed E-state index contributed by atoms with van der Waals surface area (Å²) in [5.74, 6) is 0.379. The van der Waals surface area contributed by atoms with E-state index in [0.29, 0.717) is 5.92 Å². The van der Waals surface area contributed by atoms with Gasteiger partial charge in [0.05, 0.1) is 0 Å². The molecule has 3 heteroatoms. The van der Waals surface area contributed by atoms with Crippen LogP contribution in [0.1, 0.15) is 24.5 Å².